The third-order valence-corrected chi connectivity index (χ3v) is 4.06. The fourth-order valence-electron chi connectivity index (χ4n) is 2.64. The van der Waals surface area contributed by atoms with Gasteiger partial charge in [-0.1, -0.05) is 11.6 Å². The van der Waals surface area contributed by atoms with E-state index in [0.29, 0.717) is 59.1 Å². The predicted molar refractivity (Wildman–Crippen MR) is 116 cm³/mol. The van der Waals surface area contributed by atoms with E-state index in [2.05, 4.69) is 5.32 Å². The van der Waals surface area contributed by atoms with Crippen LogP contribution in [0.2, 0.25) is 5.02 Å². The molecule has 0 spiro atoms. The minimum Gasteiger partial charge on any atom is -0.494 e. The maximum Gasteiger partial charge on any atom is 0.248 e. The number of ether oxygens (including phenoxy) is 4. The lowest BCUT2D eigenvalue weighted by Gasteiger charge is -2.13. The fourth-order valence-corrected chi connectivity index (χ4v) is 2.93. The van der Waals surface area contributed by atoms with E-state index in [-0.39, 0.29) is 5.91 Å². The van der Waals surface area contributed by atoms with Gasteiger partial charge in [-0.3, -0.25) is 4.79 Å². The summed E-state index contributed by atoms with van der Waals surface area (Å²) in [6.07, 6.45) is 3.06. The van der Waals surface area contributed by atoms with Crippen LogP contribution in [0.15, 0.2) is 36.4 Å². The molecule has 2 aromatic rings. The number of methoxy groups -OCH3 is 1. The van der Waals surface area contributed by atoms with Crippen molar-refractivity contribution in [3.05, 3.63) is 47.0 Å². The minimum absolute atomic E-state index is 0.315. The molecule has 0 radical (unpaired) electrons. The Labute approximate surface area is 176 Å². The van der Waals surface area contributed by atoms with Crippen molar-refractivity contribution in [3.8, 4) is 23.0 Å². The molecule has 6 nitrogen and oxygen atoms in total. The molecular formula is C22H26ClNO5. The monoisotopic (exact) mass is 419 g/mol. The first-order chi connectivity index (χ1) is 14.0. The number of anilines is 1. The highest BCUT2D eigenvalue weighted by Gasteiger charge is 2.11. The molecule has 2 rings (SSSR count). The summed E-state index contributed by atoms with van der Waals surface area (Å²) >= 11 is 6.25. The molecule has 0 saturated carbocycles. The van der Waals surface area contributed by atoms with Gasteiger partial charge in [0.2, 0.25) is 5.91 Å². The highest BCUT2D eigenvalue weighted by Crippen LogP contribution is 2.36. The number of hydrogen-bond acceptors (Lipinski definition) is 5. The van der Waals surface area contributed by atoms with Gasteiger partial charge < -0.3 is 24.3 Å². The quantitative estimate of drug-likeness (QED) is 0.536. The van der Waals surface area contributed by atoms with Crippen molar-refractivity contribution in [3.63, 3.8) is 0 Å². The van der Waals surface area contributed by atoms with Crippen LogP contribution >= 0.6 is 11.6 Å². The smallest absolute Gasteiger partial charge is 0.248 e. The zero-order valence-corrected chi connectivity index (χ0v) is 17.8. The lowest BCUT2D eigenvalue weighted by Crippen LogP contribution is -2.10. The van der Waals surface area contributed by atoms with E-state index in [1.54, 1.807) is 36.4 Å². The van der Waals surface area contributed by atoms with Gasteiger partial charge in [-0.25, -0.2) is 0 Å². The maximum absolute atomic E-state index is 12.4. The summed E-state index contributed by atoms with van der Waals surface area (Å²) < 4.78 is 21.9. The van der Waals surface area contributed by atoms with Crippen molar-refractivity contribution < 1.29 is 23.7 Å². The lowest BCUT2D eigenvalue weighted by atomic mass is 10.2. The molecule has 0 bridgehead atoms. The molecule has 7 heteroatoms. The molecule has 0 fully saturated rings. The average Bonchev–Trinajstić information content (AvgIpc) is 2.69. The molecule has 156 valence electrons. The Balaban J connectivity index is 2.20. The third-order valence-electron chi connectivity index (χ3n) is 3.78. The molecule has 0 saturated heterocycles. The van der Waals surface area contributed by atoms with Gasteiger partial charge in [0.1, 0.15) is 11.5 Å². The lowest BCUT2D eigenvalue weighted by molar-refractivity contribution is -0.111. The summed E-state index contributed by atoms with van der Waals surface area (Å²) in [6, 6.07) is 8.77. The van der Waals surface area contributed by atoms with Crippen LogP contribution < -0.4 is 24.3 Å². The van der Waals surface area contributed by atoms with Crippen molar-refractivity contribution in [2.45, 2.75) is 20.8 Å². The molecule has 0 aromatic heterocycles. The summed E-state index contributed by atoms with van der Waals surface area (Å²) in [5.41, 5.74) is 1.25. The number of carbonyl (C=O) groups excluding carboxylic acids is 1. The largest absolute Gasteiger partial charge is 0.494 e. The summed E-state index contributed by atoms with van der Waals surface area (Å²) in [4.78, 5) is 12.4. The zero-order chi connectivity index (χ0) is 21.2. The van der Waals surface area contributed by atoms with Gasteiger partial charge in [0, 0.05) is 12.1 Å². The highest BCUT2D eigenvalue weighted by molar-refractivity contribution is 6.32. The van der Waals surface area contributed by atoms with E-state index in [9.17, 15) is 4.79 Å². The molecule has 0 atom stereocenters. The molecule has 0 aliphatic carbocycles. The highest BCUT2D eigenvalue weighted by atomic mass is 35.5. The van der Waals surface area contributed by atoms with Gasteiger partial charge in [0.05, 0.1) is 37.6 Å². The van der Waals surface area contributed by atoms with E-state index >= 15 is 0 Å². The van der Waals surface area contributed by atoms with Crippen molar-refractivity contribution in [2.75, 3.05) is 32.2 Å². The van der Waals surface area contributed by atoms with Crippen LogP contribution in [0.25, 0.3) is 6.08 Å². The van der Waals surface area contributed by atoms with Crippen LogP contribution in [-0.2, 0) is 4.79 Å². The Morgan fingerprint density at radius 3 is 2.34 bits per heavy atom. The zero-order valence-electron chi connectivity index (χ0n) is 17.1. The van der Waals surface area contributed by atoms with Crippen LogP contribution in [0.5, 0.6) is 23.0 Å². The van der Waals surface area contributed by atoms with Crippen molar-refractivity contribution in [1.29, 1.82) is 0 Å². The first-order valence-electron chi connectivity index (χ1n) is 9.41. The number of hydrogen-bond donors (Lipinski definition) is 1. The molecule has 0 heterocycles. The Hall–Kier alpha value is -2.86. The van der Waals surface area contributed by atoms with E-state index in [1.165, 1.54) is 13.2 Å². The average molecular weight is 420 g/mol. The minimum atomic E-state index is -0.315. The van der Waals surface area contributed by atoms with Gasteiger partial charge in [-0.15, -0.1) is 0 Å². The molecule has 0 aliphatic heterocycles. The number of amides is 1. The first kappa shape index (κ1) is 22.4. The Kier molecular flexibility index (Phi) is 8.68. The van der Waals surface area contributed by atoms with Crippen LogP contribution in [-0.4, -0.2) is 32.8 Å². The predicted octanol–water partition coefficient (Wildman–Crippen LogP) is 5.20. The second-order valence-corrected chi connectivity index (χ2v) is 6.22. The number of carbonyl (C=O) groups is 1. The van der Waals surface area contributed by atoms with E-state index < -0.39 is 0 Å². The first-order valence-corrected chi connectivity index (χ1v) is 9.79. The van der Waals surface area contributed by atoms with Crippen molar-refractivity contribution >= 4 is 29.3 Å². The number of nitrogens with one attached hydrogen (secondary N) is 1. The SMILES string of the molecule is CCOc1ccc(OCC)c(NC(=O)/C=C/c2cc(Cl)c(OC)c(OCC)c2)c1. The van der Waals surface area contributed by atoms with Gasteiger partial charge in [-0.05, 0) is 56.7 Å². The van der Waals surface area contributed by atoms with Gasteiger partial charge in [-0.2, -0.15) is 0 Å². The Morgan fingerprint density at radius 2 is 1.69 bits per heavy atom. The standard InChI is InChI=1S/C22H26ClNO5/c1-5-27-16-9-10-19(28-6-2)18(14-16)24-21(25)11-8-15-12-17(23)22(26-4)20(13-15)29-7-3/h8-14H,5-7H2,1-4H3,(H,24,25)/b11-8+. The van der Waals surface area contributed by atoms with E-state index in [4.69, 9.17) is 30.5 Å². The van der Waals surface area contributed by atoms with E-state index in [0.717, 1.165) is 0 Å². The number of rotatable bonds is 10. The third kappa shape index (κ3) is 6.32. The second kappa shape index (κ2) is 11.2. The Bertz CT molecular complexity index is 867. The van der Waals surface area contributed by atoms with Gasteiger partial charge in [0.25, 0.3) is 0 Å². The molecule has 0 aliphatic rings. The van der Waals surface area contributed by atoms with Gasteiger partial charge >= 0.3 is 0 Å². The van der Waals surface area contributed by atoms with E-state index in [1.807, 2.05) is 20.8 Å². The summed E-state index contributed by atoms with van der Waals surface area (Å²) in [7, 11) is 1.53. The number of benzene rings is 2. The molecule has 1 amide bonds. The topological polar surface area (TPSA) is 66.0 Å². The maximum atomic E-state index is 12.4. The Morgan fingerprint density at radius 1 is 1.00 bits per heavy atom. The molecule has 1 N–H and O–H groups in total. The summed E-state index contributed by atoms with van der Waals surface area (Å²) in [5, 5.41) is 3.23. The van der Waals surface area contributed by atoms with Gasteiger partial charge in [0.15, 0.2) is 11.5 Å². The molecule has 0 unspecified atom stereocenters. The van der Waals surface area contributed by atoms with Crippen molar-refractivity contribution in [2.24, 2.45) is 0 Å². The van der Waals surface area contributed by atoms with Crippen molar-refractivity contribution in [1.82, 2.24) is 0 Å². The van der Waals surface area contributed by atoms with Crippen LogP contribution in [0.3, 0.4) is 0 Å². The summed E-state index contributed by atoms with van der Waals surface area (Å²) in [5.74, 6) is 1.89. The second-order valence-electron chi connectivity index (χ2n) is 5.81. The molecule has 2 aromatic carbocycles. The summed E-state index contributed by atoms with van der Waals surface area (Å²) in [6.45, 7) is 7.13. The normalized spacial score (nSPS) is 10.7. The van der Waals surface area contributed by atoms with Crippen LogP contribution in [0, 0.1) is 0 Å². The van der Waals surface area contributed by atoms with Crippen LogP contribution in [0.1, 0.15) is 26.3 Å². The van der Waals surface area contributed by atoms with Crippen LogP contribution in [0.4, 0.5) is 5.69 Å². The molecular weight excluding hydrogens is 394 g/mol. The number of halogens is 1. The molecule has 29 heavy (non-hydrogen) atoms. The fraction of sp³-hybridized carbons (Fsp3) is 0.318.